The third-order valence-corrected chi connectivity index (χ3v) is 9.17. The molecule has 0 saturated carbocycles. The Bertz CT molecular complexity index is 1300. The van der Waals surface area contributed by atoms with Crippen LogP contribution in [-0.4, -0.2) is 87.5 Å². The Balaban J connectivity index is 1.26. The summed E-state index contributed by atoms with van der Waals surface area (Å²) in [6.45, 7) is 11.4. The number of likely N-dealkylation sites (tertiary alicyclic amines) is 2. The molecule has 5 rings (SSSR count). The molecule has 9 heteroatoms. The van der Waals surface area contributed by atoms with Crippen LogP contribution in [0.4, 0.5) is 4.39 Å². The van der Waals surface area contributed by atoms with E-state index in [9.17, 15) is 19.1 Å². The number of amides is 2. The third kappa shape index (κ3) is 5.41. The Hall–Kier alpha value is -3.17. The first kappa shape index (κ1) is 28.4. The second kappa shape index (κ2) is 11.0. The number of carbonyl (C=O) groups is 2. The van der Waals surface area contributed by atoms with Crippen molar-refractivity contribution in [3.8, 4) is 0 Å². The molecule has 40 heavy (non-hydrogen) atoms. The van der Waals surface area contributed by atoms with Crippen LogP contribution < -0.4 is 0 Å². The van der Waals surface area contributed by atoms with Gasteiger partial charge in [-0.3, -0.25) is 14.5 Å². The number of nitrogens with zero attached hydrogens (tertiary/aromatic N) is 5. The molecule has 1 aromatic heterocycles. The lowest BCUT2D eigenvalue weighted by Gasteiger charge is -2.44. The molecule has 8 nitrogen and oxygen atoms in total. The van der Waals surface area contributed by atoms with E-state index in [2.05, 4.69) is 14.9 Å². The maximum absolute atomic E-state index is 14.3. The number of carbonyl (C=O) groups excluding carboxylic acids is 2. The number of hydrogen-bond donors (Lipinski definition) is 1. The van der Waals surface area contributed by atoms with Crippen molar-refractivity contribution in [2.45, 2.75) is 52.4 Å². The average Bonchev–Trinajstić information content (AvgIpc) is 3.51. The van der Waals surface area contributed by atoms with Crippen molar-refractivity contribution < 1.29 is 19.1 Å². The van der Waals surface area contributed by atoms with Gasteiger partial charge in [-0.25, -0.2) is 14.4 Å². The summed E-state index contributed by atoms with van der Waals surface area (Å²) in [5, 5.41) is 9.68. The fourth-order valence-electron chi connectivity index (χ4n) is 6.56. The molecule has 2 amide bonds. The first-order valence-electron chi connectivity index (χ1n) is 14.2. The molecule has 3 aliphatic rings. The van der Waals surface area contributed by atoms with E-state index in [1.807, 2.05) is 35.9 Å². The van der Waals surface area contributed by atoms with Gasteiger partial charge in [0.25, 0.3) is 5.91 Å². The number of rotatable bonds is 7. The second-order valence-electron chi connectivity index (χ2n) is 12.4. The van der Waals surface area contributed by atoms with Gasteiger partial charge in [0.1, 0.15) is 12.1 Å². The molecule has 1 unspecified atom stereocenters. The van der Waals surface area contributed by atoms with Crippen molar-refractivity contribution in [3.05, 3.63) is 70.7 Å². The maximum atomic E-state index is 14.3. The van der Waals surface area contributed by atoms with Gasteiger partial charge in [0, 0.05) is 44.8 Å². The van der Waals surface area contributed by atoms with E-state index in [1.54, 1.807) is 26.0 Å². The topological polar surface area (TPSA) is 89.9 Å². The van der Waals surface area contributed by atoms with Gasteiger partial charge in [-0.15, -0.1) is 0 Å². The highest BCUT2D eigenvalue weighted by molar-refractivity contribution is 5.97. The lowest BCUT2D eigenvalue weighted by Crippen LogP contribution is -2.50. The van der Waals surface area contributed by atoms with Crippen molar-refractivity contribution >= 4 is 11.8 Å². The summed E-state index contributed by atoms with van der Waals surface area (Å²) < 4.78 is 14.3. The second-order valence-corrected chi connectivity index (χ2v) is 12.4. The number of fused-ring (bicyclic) bond motifs is 1. The Morgan fingerprint density at radius 1 is 1.12 bits per heavy atom. The average molecular weight is 550 g/mol. The molecule has 0 bridgehead atoms. The molecule has 1 aromatic carbocycles. The van der Waals surface area contributed by atoms with E-state index < -0.39 is 5.41 Å². The van der Waals surface area contributed by atoms with Crippen LogP contribution in [0.15, 0.2) is 42.4 Å². The Labute approximate surface area is 235 Å². The zero-order valence-corrected chi connectivity index (χ0v) is 24.0. The number of hydrogen-bond acceptors (Lipinski definition) is 6. The van der Waals surface area contributed by atoms with Crippen LogP contribution in [0.5, 0.6) is 0 Å². The van der Waals surface area contributed by atoms with Gasteiger partial charge in [-0.2, -0.15) is 0 Å². The summed E-state index contributed by atoms with van der Waals surface area (Å²) in [6.07, 6.45) is 5.87. The van der Waals surface area contributed by atoms with Gasteiger partial charge in [0.15, 0.2) is 0 Å². The summed E-state index contributed by atoms with van der Waals surface area (Å²) in [6, 6.07) is 6.92. The molecule has 1 N–H and O–H groups in total. The maximum Gasteiger partial charge on any atom is 0.261 e. The summed E-state index contributed by atoms with van der Waals surface area (Å²) in [7, 11) is 0. The Kier molecular flexibility index (Phi) is 7.81. The van der Waals surface area contributed by atoms with Crippen LogP contribution in [0, 0.1) is 31.0 Å². The van der Waals surface area contributed by atoms with Crippen molar-refractivity contribution in [2.24, 2.45) is 11.3 Å². The van der Waals surface area contributed by atoms with Gasteiger partial charge in [-0.05, 0) is 82.2 Å². The molecule has 3 aliphatic heterocycles. The minimum Gasteiger partial charge on any atom is -0.395 e. The van der Waals surface area contributed by atoms with Crippen molar-refractivity contribution in [1.82, 2.24) is 24.7 Å². The number of benzene rings is 1. The molecule has 0 aliphatic carbocycles. The largest absolute Gasteiger partial charge is 0.395 e. The standard InChI is InChI=1S/C31H40FN5O3/c1-21-27(22(2)34-20-33-21)28(39)37-17-23-15-35(16-24(23)18-37)11-8-31(25-6-5-7-26(32)14-25)9-12-36(13-10-31)29(40)30(3,4)19-38/h5-7,14,17,20,24,38H,8-13,15-16,18-19H2,1-4H3. The summed E-state index contributed by atoms with van der Waals surface area (Å²) in [4.78, 5) is 40.7. The molecule has 2 aromatic rings. The first-order valence-corrected chi connectivity index (χ1v) is 14.2. The highest BCUT2D eigenvalue weighted by Gasteiger charge is 2.42. The Morgan fingerprint density at radius 2 is 1.82 bits per heavy atom. The predicted octanol–water partition coefficient (Wildman–Crippen LogP) is 3.47. The van der Waals surface area contributed by atoms with Gasteiger partial charge >= 0.3 is 0 Å². The number of aliphatic hydroxyl groups excluding tert-OH is 1. The molecule has 2 fully saturated rings. The van der Waals surface area contributed by atoms with Crippen LogP contribution in [0.3, 0.4) is 0 Å². The zero-order chi connectivity index (χ0) is 28.7. The molecular weight excluding hydrogens is 509 g/mol. The van der Waals surface area contributed by atoms with E-state index in [4.69, 9.17) is 0 Å². The van der Waals surface area contributed by atoms with Crippen LogP contribution in [-0.2, 0) is 10.2 Å². The quantitative estimate of drug-likeness (QED) is 0.569. The van der Waals surface area contributed by atoms with E-state index in [0.717, 1.165) is 44.5 Å². The number of aliphatic hydroxyl groups is 1. The number of aryl methyl sites for hydroxylation is 2. The number of halogens is 1. The van der Waals surface area contributed by atoms with Gasteiger partial charge in [0.05, 0.1) is 29.0 Å². The number of aromatic nitrogens is 2. The van der Waals surface area contributed by atoms with E-state index >= 15 is 0 Å². The lowest BCUT2D eigenvalue weighted by atomic mass is 9.70. The molecule has 1 atom stereocenters. The monoisotopic (exact) mass is 549 g/mol. The fourth-order valence-corrected chi connectivity index (χ4v) is 6.56. The minimum atomic E-state index is -0.805. The van der Waals surface area contributed by atoms with Crippen molar-refractivity contribution in [2.75, 3.05) is 45.9 Å². The van der Waals surface area contributed by atoms with Crippen molar-refractivity contribution in [3.63, 3.8) is 0 Å². The SMILES string of the molecule is Cc1ncnc(C)c1C(=O)N1C=C2CN(CCC3(c4cccc(F)c4)CCN(C(=O)C(C)(C)CO)CC3)CC2C1. The summed E-state index contributed by atoms with van der Waals surface area (Å²) in [5.74, 6) is -0.00955. The highest BCUT2D eigenvalue weighted by Crippen LogP contribution is 2.41. The molecule has 2 saturated heterocycles. The summed E-state index contributed by atoms with van der Waals surface area (Å²) >= 11 is 0. The first-order chi connectivity index (χ1) is 19.0. The van der Waals surface area contributed by atoms with Crippen LogP contribution in [0.1, 0.15) is 60.4 Å². The van der Waals surface area contributed by atoms with E-state index in [0.29, 0.717) is 42.5 Å². The minimum absolute atomic E-state index is 0.0336. The normalized spacial score (nSPS) is 20.9. The van der Waals surface area contributed by atoms with Crippen LogP contribution in [0.2, 0.25) is 0 Å². The molecule has 0 radical (unpaired) electrons. The molecule has 4 heterocycles. The zero-order valence-electron chi connectivity index (χ0n) is 24.0. The fraction of sp³-hybridized carbons (Fsp3) is 0.548. The lowest BCUT2D eigenvalue weighted by molar-refractivity contribution is -0.144. The Morgan fingerprint density at radius 3 is 2.45 bits per heavy atom. The van der Waals surface area contributed by atoms with Crippen LogP contribution >= 0.6 is 0 Å². The number of piperidine rings is 1. The van der Waals surface area contributed by atoms with Crippen LogP contribution in [0.25, 0.3) is 0 Å². The van der Waals surface area contributed by atoms with Gasteiger partial charge in [-0.1, -0.05) is 12.1 Å². The van der Waals surface area contributed by atoms with E-state index in [1.165, 1.54) is 18.0 Å². The third-order valence-electron chi connectivity index (χ3n) is 9.17. The molecule has 0 spiro atoms. The van der Waals surface area contributed by atoms with Gasteiger partial charge < -0.3 is 14.9 Å². The van der Waals surface area contributed by atoms with Gasteiger partial charge in [0.2, 0.25) is 5.91 Å². The van der Waals surface area contributed by atoms with E-state index in [-0.39, 0.29) is 29.7 Å². The highest BCUT2D eigenvalue weighted by atomic mass is 19.1. The predicted molar refractivity (Wildman–Crippen MR) is 150 cm³/mol. The molecular formula is C31H40FN5O3. The summed E-state index contributed by atoms with van der Waals surface area (Å²) in [5.41, 5.74) is 3.22. The smallest absolute Gasteiger partial charge is 0.261 e. The van der Waals surface area contributed by atoms with Crippen molar-refractivity contribution in [1.29, 1.82) is 0 Å². The molecule has 214 valence electrons.